The van der Waals surface area contributed by atoms with Gasteiger partial charge in [0.05, 0.1) is 7.11 Å². The average Bonchev–Trinajstić information content (AvgIpc) is 3.25. The minimum atomic E-state index is -0.220. The van der Waals surface area contributed by atoms with Crippen molar-refractivity contribution in [2.24, 2.45) is 0 Å². The summed E-state index contributed by atoms with van der Waals surface area (Å²) >= 11 is 0. The van der Waals surface area contributed by atoms with E-state index in [9.17, 15) is 4.79 Å². The van der Waals surface area contributed by atoms with Crippen molar-refractivity contribution >= 4 is 11.7 Å². The lowest BCUT2D eigenvalue weighted by atomic mass is 10.3. The largest absolute Gasteiger partial charge is 0.493 e. The molecular weight excluding hydrogens is 348 g/mol. The molecule has 0 saturated carbocycles. The van der Waals surface area contributed by atoms with Gasteiger partial charge in [0, 0.05) is 25.5 Å². The van der Waals surface area contributed by atoms with Crippen molar-refractivity contribution in [2.75, 3.05) is 32.1 Å². The highest BCUT2D eigenvalue weighted by atomic mass is 16.5. The summed E-state index contributed by atoms with van der Waals surface area (Å²) in [4.78, 5) is 11.9. The van der Waals surface area contributed by atoms with E-state index >= 15 is 0 Å². The van der Waals surface area contributed by atoms with Crippen molar-refractivity contribution in [1.82, 2.24) is 25.3 Å². The fourth-order valence-electron chi connectivity index (χ4n) is 2.27. The lowest BCUT2D eigenvalue weighted by molar-refractivity contribution is -0.123. The molecule has 9 heteroatoms. The molecule has 1 amide bonds. The summed E-state index contributed by atoms with van der Waals surface area (Å²) in [5.41, 5.74) is 0. The number of amides is 1. The quantitative estimate of drug-likeness (QED) is 0.548. The smallest absolute Gasteiger partial charge is 0.258 e. The number of aromatic nitrogens is 4. The minimum absolute atomic E-state index is 0.0846. The molecule has 2 N–H and O–H groups in total. The van der Waals surface area contributed by atoms with Gasteiger partial charge in [0.15, 0.2) is 23.9 Å². The van der Waals surface area contributed by atoms with Crippen molar-refractivity contribution < 1.29 is 14.3 Å². The second kappa shape index (κ2) is 9.18. The van der Waals surface area contributed by atoms with Crippen molar-refractivity contribution in [3.8, 4) is 17.3 Å². The summed E-state index contributed by atoms with van der Waals surface area (Å²) in [5, 5.41) is 18.1. The number of methoxy groups -OCH3 is 1. The van der Waals surface area contributed by atoms with E-state index in [1.54, 1.807) is 42.4 Å². The molecule has 0 radical (unpaired) electrons. The molecule has 3 rings (SSSR count). The van der Waals surface area contributed by atoms with Crippen LogP contribution >= 0.6 is 0 Å². The van der Waals surface area contributed by atoms with E-state index in [2.05, 4.69) is 25.9 Å². The van der Waals surface area contributed by atoms with Gasteiger partial charge in [-0.15, -0.1) is 10.2 Å². The standard InChI is InChI=1S/C18H20N6O3/c1-26-14-5-2-3-6-15(14)27-13-18(25)20-11-10-19-16-7-8-17(23-22-16)24-12-4-9-21-24/h2-9,12H,10-11,13H2,1H3,(H,19,22)(H,20,25). The van der Waals surface area contributed by atoms with Gasteiger partial charge in [-0.3, -0.25) is 4.79 Å². The van der Waals surface area contributed by atoms with Crippen LogP contribution in [0.5, 0.6) is 11.5 Å². The van der Waals surface area contributed by atoms with E-state index in [1.165, 1.54) is 0 Å². The summed E-state index contributed by atoms with van der Waals surface area (Å²) in [7, 11) is 1.55. The van der Waals surface area contributed by atoms with E-state index in [0.717, 1.165) is 0 Å². The van der Waals surface area contributed by atoms with E-state index < -0.39 is 0 Å². The summed E-state index contributed by atoms with van der Waals surface area (Å²) < 4.78 is 12.3. The van der Waals surface area contributed by atoms with Gasteiger partial charge in [-0.25, -0.2) is 4.68 Å². The van der Waals surface area contributed by atoms with E-state index in [-0.39, 0.29) is 12.5 Å². The predicted octanol–water partition coefficient (Wildman–Crippen LogP) is 1.28. The molecule has 2 heterocycles. The fraction of sp³-hybridized carbons (Fsp3) is 0.222. The van der Waals surface area contributed by atoms with Crippen LogP contribution in [0.4, 0.5) is 5.82 Å². The monoisotopic (exact) mass is 368 g/mol. The number of carbonyl (C=O) groups excluding carboxylic acids is 1. The normalized spacial score (nSPS) is 10.3. The van der Waals surface area contributed by atoms with Gasteiger partial charge < -0.3 is 20.1 Å². The Bertz CT molecular complexity index is 852. The van der Waals surface area contributed by atoms with Crippen LogP contribution in [0.1, 0.15) is 0 Å². The Morgan fingerprint density at radius 2 is 1.93 bits per heavy atom. The van der Waals surface area contributed by atoms with Crippen LogP contribution in [0.3, 0.4) is 0 Å². The first kappa shape index (κ1) is 18.2. The number of benzene rings is 1. The first-order valence-electron chi connectivity index (χ1n) is 8.36. The Hall–Kier alpha value is -3.62. The third-order valence-corrected chi connectivity index (χ3v) is 3.57. The van der Waals surface area contributed by atoms with Gasteiger partial charge in [-0.05, 0) is 30.3 Å². The Morgan fingerprint density at radius 1 is 1.07 bits per heavy atom. The van der Waals surface area contributed by atoms with Crippen molar-refractivity contribution in [3.63, 3.8) is 0 Å². The Balaban J connectivity index is 1.36. The number of hydrogen-bond acceptors (Lipinski definition) is 7. The minimum Gasteiger partial charge on any atom is -0.493 e. The molecule has 1 aromatic carbocycles. The molecule has 0 bridgehead atoms. The highest BCUT2D eigenvalue weighted by molar-refractivity contribution is 5.77. The topological polar surface area (TPSA) is 103 Å². The molecular formula is C18H20N6O3. The Kier molecular flexibility index (Phi) is 6.18. The molecule has 0 fully saturated rings. The maximum absolute atomic E-state index is 11.9. The third kappa shape index (κ3) is 5.18. The zero-order chi connectivity index (χ0) is 18.9. The summed E-state index contributed by atoms with van der Waals surface area (Å²) in [6.07, 6.45) is 3.47. The maximum Gasteiger partial charge on any atom is 0.258 e. The Labute approximate surface area is 156 Å². The van der Waals surface area contributed by atoms with Crippen LogP contribution in [0, 0.1) is 0 Å². The third-order valence-electron chi connectivity index (χ3n) is 3.57. The van der Waals surface area contributed by atoms with Crippen LogP contribution in [-0.2, 0) is 4.79 Å². The van der Waals surface area contributed by atoms with Crippen molar-refractivity contribution in [3.05, 3.63) is 54.9 Å². The molecule has 0 unspecified atom stereocenters. The lowest BCUT2D eigenvalue weighted by Gasteiger charge is -2.11. The van der Waals surface area contributed by atoms with Gasteiger partial charge in [-0.1, -0.05) is 12.1 Å². The van der Waals surface area contributed by atoms with Gasteiger partial charge in [-0.2, -0.15) is 5.10 Å². The molecule has 0 atom stereocenters. The first-order valence-corrected chi connectivity index (χ1v) is 8.36. The SMILES string of the molecule is COc1ccccc1OCC(=O)NCCNc1ccc(-n2cccn2)nn1. The zero-order valence-corrected chi connectivity index (χ0v) is 14.8. The highest BCUT2D eigenvalue weighted by Crippen LogP contribution is 2.25. The van der Waals surface area contributed by atoms with Gasteiger partial charge in [0.1, 0.15) is 5.82 Å². The first-order chi connectivity index (χ1) is 13.3. The van der Waals surface area contributed by atoms with E-state index in [0.29, 0.717) is 36.2 Å². The highest BCUT2D eigenvalue weighted by Gasteiger charge is 2.06. The number of rotatable bonds is 9. The number of hydrogen-bond donors (Lipinski definition) is 2. The summed E-state index contributed by atoms with van der Waals surface area (Å²) in [6, 6.07) is 12.6. The van der Waals surface area contributed by atoms with Crippen LogP contribution < -0.4 is 20.1 Å². The van der Waals surface area contributed by atoms with E-state index in [4.69, 9.17) is 9.47 Å². The number of para-hydroxylation sites is 2. The average molecular weight is 368 g/mol. The summed E-state index contributed by atoms with van der Waals surface area (Å²) in [6.45, 7) is 0.853. The number of carbonyl (C=O) groups is 1. The van der Waals surface area contributed by atoms with Crippen LogP contribution in [0.15, 0.2) is 54.9 Å². The summed E-state index contributed by atoms with van der Waals surface area (Å²) in [5.74, 6) is 2.14. The Morgan fingerprint density at radius 3 is 2.63 bits per heavy atom. The molecule has 0 aliphatic carbocycles. The molecule has 0 aliphatic heterocycles. The molecule has 0 spiro atoms. The lowest BCUT2D eigenvalue weighted by Crippen LogP contribution is -2.32. The molecule has 9 nitrogen and oxygen atoms in total. The fourth-order valence-corrected chi connectivity index (χ4v) is 2.27. The number of nitrogens with zero attached hydrogens (tertiary/aromatic N) is 4. The second-order valence-electron chi connectivity index (χ2n) is 5.44. The predicted molar refractivity (Wildman–Crippen MR) is 99.1 cm³/mol. The van der Waals surface area contributed by atoms with Gasteiger partial charge in [0.2, 0.25) is 0 Å². The van der Waals surface area contributed by atoms with Crippen molar-refractivity contribution in [1.29, 1.82) is 0 Å². The van der Waals surface area contributed by atoms with Crippen LogP contribution in [0.25, 0.3) is 5.82 Å². The molecule has 3 aromatic rings. The second-order valence-corrected chi connectivity index (χ2v) is 5.44. The molecule has 27 heavy (non-hydrogen) atoms. The van der Waals surface area contributed by atoms with Gasteiger partial charge >= 0.3 is 0 Å². The molecule has 2 aromatic heterocycles. The number of ether oxygens (including phenoxy) is 2. The number of nitrogens with one attached hydrogen (secondary N) is 2. The van der Waals surface area contributed by atoms with Gasteiger partial charge in [0.25, 0.3) is 5.91 Å². The number of anilines is 1. The maximum atomic E-state index is 11.9. The van der Waals surface area contributed by atoms with E-state index in [1.807, 2.05) is 24.3 Å². The van der Waals surface area contributed by atoms with Crippen molar-refractivity contribution in [2.45, 2.75) is 0 Å². The van der Waals surface area contributed by atoms with Crippen LogP contribution in [0.2, 0.25) is 0 Å². The van der Waals surface area contributed by atoms with Crippen LogP contribution in [-0.4, -0.2) is 52.7 Å². The molecule has 140 valence electrons. The molecule has 0 saturated heterocycles. The molecule has 0 aliphatic rings. The zero-order valence-electron chi connectivity index (χ0n) is 14.8.